The molecule has 0 saturated heterocycles. The van der Waals surface area contributed by atoms with Crippen LogP contribution in [0.15, 0.2) is 25.3 Å². The Kier molecular flexibility index (Phi) is 17.2. The lowest BCUT2D eigenvalue weighted by molar-refractivity contribution is -0.00709. The Morgan fingerprint density at radius 2 is 1.42 bits per heavy atom. The number of hydrogen-bond acceptors (Lipinski definition) is 3. The first-order chi connectivity index (χ1) is 12.1. The molecular formula is C18H34F3NO3S. The minimum Gasteiger partial charge on any atom is -0.310 e. The molecule has 0 aliphatic heterocycles. The third-order valence-electron chi connectivity index (χ3n) is 3.60. The summed E-state index contributed by atoms with van der Waals surface area (Å²) in [5, 5.41) is -1.65. The fourth-order valence-electron chi connectivity index (χ4n) is 2.07. The van der Waals surface area contributed by atoms with Crippen molar-refractivity contribution < 1.29 is 26.1 Å². The van der Waals surface area contributed by atoms with Crippen molar-refractivity contribution in [2.75, 3.05) is 13.1 Å². The molecule has 1 atom stereocenters. The quantitative estimate of drug-likeness (QED) is 0.222. The van der Waals surface area contributed by atoms with Crippen molar-refractivity contribution in [1.82, 2.24) is 5.32 Å². The zero-order valence-electron chi connectivity index (χ0n) is 15.7. The first-order valence-corrected chi connectivity index (χ1v) is 10.5. The molecule has 8 heteroatoms. The van der Waals surface area contributed by atoms with E-state index in [0.29, 0.717) is 6.42 Å². The Balaban J connectivity index is 0. The zero-order valence-corrected chi connectivity index (χ0v) is 16.5. The van der Waals surface area contributed by atoms with Crippen LogP contribution in [0.5, 0.6) is 0 Å². The largest absolute Gasteiger partial charge is 0.400 e. The third-order valence-corrected chi connectivity index (χ3v) is 4.54. The van der Waals surface area contributed by atoms with E-state index in [9.17, 15) is 21.6 Å². The van der Waals surface area contributed by atoms with Crippen LogP contribution >= 0.6 is 0 Å². The Labute approximate surface area is 156 Å². The highest BCUT2D eigenvalue weighted by Gasteiger charge is 2.52. The van der Waals surface area contributed by atoms with E-state index in [1.54, 1.807) is 0 Å². The fourth-order valence-corrected chi connectivity index (χ4v) is 2.52. The molecule has 0 aliphatic carbocycles. The number of unbranched alkanes of at least 4 members (excludes halogenated alkanes) is 7. The fraction of sp³-hybridized carbons (Fsp3) is 0.778. The monoisotopic (exact) mass is 401 g/mol. The molecule has 26 heavy (non-hydrogen) atoms. The van der Waals surface area contributed by atoms with Gasteiger partial charge in [0, 0.05) is 13.1 Å². The molecule has 0 aromatic carbocycles. The van der Waals surface area contributed by atoms with Crippen molar-refractivity contribution in [3.05, 3.63) is 25.3 Å². The third kappa shape index (κ3) is 14.3. The van der Waals surface area contributed by atoms with Gasteiger partial charge in [-0.25, -0.2) is 4.39 Å². The molecule has 156 valence electrons. The Bertz CT molecular complexity index is 449. The molecule has 0 rings (SSSR count). The summed E-state index contributed by atoms with van der Waals surface area (Å²) in [5.41, 5.74) is 0. The summed E-state index contributed by atoms with van der Waals surface area (Å²) in [4.78, 5) is 0. The van der Waals surface area contributed by atoms with Crippen molar-refractivity contribution in [1.29, 1.82) is 0 Å². The molecule has 0 heterocycles. The zero-order chi connectivity index (χ0) is 20.5. The van der Waals surface area contributed by atoms with E-state index in [1.807, 2.05) is 12.2 Å². The van der Waals surface area contributed by atoms with Gasteiger partial charge in [0.2, 0.25) is 0 Å². The van der Waals surface area contributed by atoms with Crippen LogP contribution in [-0.4, -0.2) is 37.5 Å². The van der Waals surface area contributed by atoms with E-state index >= 15 is 0 Å². The summed E-state index contributed by atoms with van der Waals surface area (Å²) >= 11 is 0. The average Bonchev–Trinajstić information content (AvgIpc) is 2.57. The summed E-state index contributed by atoms with van der Waals surface area (Å²) in [7, 11) is -5.67. The molecule has 0 bridgehead atoms. The Hall–Kier alpha value is -0.860. The highest BCUT2D eigenvalue weighted by Crippen LogP contribution is 2.30. The van der Waals surface area contributed by atoms with Gasteiger partial charge in [-0.3, -0.25) is 4.55 Å². The first-order valence-electron chi connectivity index (χ1n) is 9.06. The van der Waals surface area contributed by atoms with Crippen LogP contribution in [0.1, 0.15) is 64.7 Å². The molecule has 1 unspecified atom stereocenters. The van der Waals surface area contributed by atoms with E-state index in [-0.39, 0.29) is 6.42 Å². The van der Waals surface area contributed by atoms with Gasteiger partial charge >= 0.3 is 15.4 Å². The maximum absolute atomic E-state index is 13.1. The van der Waals surface area contributed by atoms with Crippen molar-refractivity contribution in [2.45, 2.75) is 76.1 Å². The Morgan fingerprint density at radius 1 is 1.00 bits per heavy atom. The van der Waals surface area contributed by atoms with E-state index in [0.717, 1.165) is 45.2 Å². The smallest absolute Gasteiger partial charge is 0.310 e. The van der Waals surface area contributed by atoms with Crippen LogP contribution in [-0.2, 0) is 10.1 Å². The highest BCUT2D eigenvalue weighted by atomic mass is 32.2. The molecular weight excluding hydrogens is 367 g/mol. The topological polar surface area (TPSA) is 66.4 Å². The van der Waals surface area contributed by atoms with E-state index in [1.165, 1.54) is 6.42 Å². The molecule has 2 N–H and O–H groups in total. The van der Waals surface area contributed by atoms with Gasteiger partial charge in [-0.2, -0.15) is 17.2 Å². The van der Waals surface area contributed by atoms with Crippen LogP contribution in [0.25, 0.3) is 0 Å². The van der Waals surface area contributed by atoms with Gasteiger partial charge in [0.15, 0.2) is 6.17 Å². The first kappa shape index (κ1) is 27.4. The summed E-state index contributed by atoms with van der Waals surface area (Å²) < 4.78 is 67.5. The van der Waals surface area contributed by atoms with Gasteiger partial charge in [0.25, 0.3) is 0 Å². The summed E-state index contributed by atoms with van der Waals surface area (Å²) in [6, 6.07) is 0. The molecule has 0 aliphatic rings. The van der Waals surface area contributed by atoms with Gasteiger partial charge in [-0.05, 0) is 6.42 Å². The second kappa shape index (κ2) is 16.3. The van der Waals surface area contributed by atoms with Gasteiger partial charge < -0.3 is 5.32 Å². The lowest BCUT2D eigenvalue weighted by Gasteiger charge is -2.17. The molecule has 4 nitrogen and oxygen atoms in total. The van der Waals surface area contributed by atoms with Crippen molar-refractivity contribution in [2.24, 2.45) is 0 Å². The maximum Gasteiger partial charge on any atom is 0.400 e. The van der Waals surface area contributed by atoms with Gasteiger partial charge in [-0.1, -0.05) is 70.4 Å². The number of nitrogens with one attached hydrogen (secondary N) is 1. The van der Waals surface area contributed by atoms with Gasteiger partial charge in [0.05, 0.1) is 0 Å². The average molecular weight is 402 g/mol. The van der Waals surface area contributed by atoms with Gasteiger partial charge in [-0.15, -0.1) is 13.2 Å². The van der Waals surface area contributed by atoms with E-state index < -0.39 is 28.0 Å². The number of hydrogen-bond donors (Lipinski definition) is 2. The molecule has 0 aromatic heterocycles. The molecule has 0 radical (unpaired) electrons. The summed E-state index contributed by atoms with van der Waals surface area (Å²) in [5.74, 6) is 0. The molecule has 0 amide bonds. The number of alkyl halides is 3. The van der Waals surface area contributed by atoms with E-state index in [2.05, 4.69) is 25.4 Å². The summed E-state index contributed by atoms with van der Waals surface area (Å²) in [6.45, 7) is 10.9. The number of rotatable bonds is 15. The lowest BCUT2D eigenvalue weighted by Crippen LogP contribution is -2.38. The predicted octanol–water partition coefficient (Wildman–Crippen LogP) is 5.28. The maximum atomic E-state index is 13.1. The van der Waals surface area contributed by atoms with Crippen LogP contribution < -0.4 is 5.32 Å². The standard InChI is InChI=1S/C12H23F3O3S.C6H11N/c1-2-3-4-5-6-7-8-9-10-11(13)12(14,15)19(16,17)18;1-3-5-7-6-4-2/h11H,2-10H2,1H3,(H,16,17,18);3-4,7H,1-2,5-6H2. The van der Waals surface area contributed by atoms with Crippen molar-refractivity contribution in [3.63, 3.8) is 0 Å². The van der Waals surface area contributed by atoms with Crippen LogP contribution in [0.2, 0.25) is 0 Å². The molecule has 0 spiro atoms. The van der Waals surface area contributed by atoms with Gasteiger partial charge in [0.1, 0.15) is 0 Å². The normalized spacial score (nSPS) is 12.8. The van der Waals surface area contributed by atoms with E-state index in [4.69, 9.17) is 4.55 Å². The molecule has 0 fully saturated rings. The Morgan fingerprint density at radius 3 is 1.81 bits per heavy atom. The second-order valence-corrected chi connectivity index (χ2v) is 7.50. The van der Waals surface area contributed by atoms with Crippen LogP contribution in [0, 0.1) is 0 Å². The SMILES string of the molecule is C=CCNCC=C.CCCCCCCCCCC(F)C(F)(F)S(=O)(=O)O. The predicted molar refractivity (Wildman–Crippen MR) is 102 cm³/mol. The van der Waals surface area contributed by atoms with Crippen LogP contribution in [0.4, 0.5) is 13.2 Å². The molecule has 0 aromatic rings. The van der Waals surface area contributed by atoms with Crippen LogP contribution in [0.3, 0.4) is 0 Å². The van der Waals surface area contributed by atoms with Crippen molar-refractivity contribution >= 4 is 10.1 Å². The lowest BCUT2D eigenvalue weighted by atomic mass is 10.1. The minimum atomic E-state index is -5.67. The second-order valence-electron chi connectivity index (χ2n) is 6.00. The summed E-state index contributed by atoms with van der Waals surface area (Å²) in [6.07, 6.45) is 7.38. The molecule has 0 saturated carbocycles. The van der Waals surface area contributed by atoms with Crippen molar-refractivity contribution in [3.8, 4) is 0 Å². The highest BCUT2D eigenvalue weighted by molar-refractivity contribution is 7.86. The minimum absolute atomic E-state index is 0.194. The number of halogens is 3.